The first kappa shape index (κ1) is 22.6. The van der Waals surface area contributed by atoms with Gasteiger partial charge in [-0.2, -0.15) is 0 Å². The van der Waals surface area contributed by atoms with Crippen LogP contribution in [-0.2, 0) is 11.2 Å². The van der Waals surface area contributed by atoms with Crippen molar-refractivity contribution in [1.29, 1.82) is 0 Å². The van der Waals surface area contributed by atoms with Gasteiger partial charge in [0.25, 0.3) is 0 Å². The molecule has 3 aromatic rings. The molecule has 33 heavy (non-hydrogen) atoms. The number of piperazine rings is 1. The van der Waals surface area contributed by atoms with E-state index in [0.717, 1.165) is 69.1 Å². The number of carbonyl (C=O) groups is 1. The summed E-state index contributed by atoms with van der Waals surface area (Å²) in [4.78, 5) is 21.2. The van der Waals surface area contributed by atoms with Crippen molar-refractivity contribution >= 4 is 23.4 Å². The van der Waals surface area contributed by atoms with Gasteiger partial charge in [-0.3, -0.25) is 14.7 Å². The third-order valence-electron chi connectivity index (χ3n) is 5.74. The van der Waals surface area contributed by atoms with E-state index in [-0.39, 0.29) is 5.56 Å². The summed E-state index contributed by atoms with van der Waals surface area (Å²) in [6.07, 6.45) is 6.94. The van der Waals surface area contributed by atoms with Crippen LogP contribution >= 0.6 is 0 Å². The number of aromatic nitrogens is 1. The molecule has 5 nitrogen and oxygen atoms in total. The zero-order valence-corrected chi connectivity index (χ0v) is 18.3. The quantitative estimate of drug-likeness (QED) is 0.545. The van der Waals surface area contributed by atoms with Crippen LogP contribution in [0.2, 0.25) is 0 Å². The number of nitrogens with zero attached hydrogens (tertiary/aromatic N) is 3. The lowest BCUT2D eigenvalue weighted by molar-refractivity contribution is -0.111. The van der Waals surface area contributed by atoms with E-state index >= 15 is 0 Å². The topological polar surface area (TPSA) is 48.5 Å². The lowest BCUT2D eigenvalue weighted by Gasteiger charge is -2.37. The Hall–Kier alpha value is -3.58. The van der Waals surface area contributed by atoms with Crippen LogP contribution in [0.1, 0.15) is 11.1 Å². The SMILES string of the molecule is O=C(/C=C/c1c(F)cccc1F)Nc1ccccc1N1CCN(CCc2ccncc2)CC1. The zero-order valence-electron chi connectivity index (χ0n) is 18.3. The molecule has 1 aliphatic rings. The standard InChI is InChI=1S/C26H26F2N4O/c27-22-4-3-5-23(28)21(22)8-9-26(33)30-24-6-1-2-7-25(24)32-18-16-31(17-19-32)15-12-20-10-13-29-14-11-20/h1-11,13-14H,12,15-19H2,(H,30,33)/b9-8+. The number of anilines is 2. The second-order valence-corrected chi connectivity index (χ2v) is 7.91. The fourth-order valence-corrected chi connectivity index (χ4v) is 3.91. The van der Waals surface area contributed by atoms with Crippen LogP contribution < -0.4 is 10.2 Å². The zero-order chi connectivity index (χ0) is 23.0. The van der Waals surface area contributed by atoms with Gasteiger partial charge in [-0.25, -0.2) is 8.78 Å². The molecule has 7 heteroatoms. The minimum absolute atomic E-state index is 0.233. The van der Waals surface area contributed by atoms with Crippen molar-refractivity contribution in [2.24, 2.45) is 0 Å². The monoisotopic (exact) mass is 448 g/mol. The molecular weight excluding hydrogens is 422 g/mol. The largest absolute Gasteiger partial charge is 0.367 e. The molecule has 1 saturated heterocycles. The third kappa shape index (κ3) is 6.02. The molecule has 2 aromatic carbocycles. The summed E-state index contributed by atoms with van der Waals surface area (Å²) in [5.41, 5.74) is 2.66. The van der Waals surface area contributed by atoms with Gasteiger partial charge >= 0.3 is 0 Å². The minimum Gasteiger partial charge on any atom is -0.367 e. The number of amides is 1. The Kier molecular flexibility index (Phi) is 7.42. The summed E-state index contributed by atoms with van der Waals surface area (Å²) in [5, 5.41) is 2.84. The van der Waals surface area contributed by atoms with Gasteiger partial charge in [-0.05, 0) is 54.5 Å². The first-order valence-electron chi connectivity index (χ1n) is 11.0. The highest BCUT2D eigenvalue weighted by Crippen LogP contribution is 2.27. The smallest absolute Gasteiger partial charge is 0.248 e. The molecule has 0 aliphatic carbocycles. The molecule has 0 unspecified atom stereocenters. The number of halogens is 2. The average Bonchev–Trinajstić information content (AvgIpc) is 2.84. The summed E-state index contributed by atoms with van der Waals surface area (Å²) >= 11 is 0. The van der Waals surface area contributed by atoms with Crippen LogP contribution in [0.3, 0.4) is 0 Å². The first-order valence-corrected chi connectivity index (χ1v) is 11.0. The van der Waals surface area contributed by atoms with Crippen molar-refractivity contribution in [3.63, 3.8) is 0 Å². The summed E-state index contributed by atoms with van der Waals surface area (Å²) in [6, 6.07) is 15.3. The van der Waals surface area contributed by atoms with Gasteiger partial charge in [0, 0.05) is 56.8 Å². The van der Waals surface area contributed by atoms with E-state index in [2.05, 4.69) is 20.1 Å². The Labute approximate surface area is 192 Å². The van der Waals surface area contributed by atoms with E-state index in [4.69, 9.17) is 0 Å². The number of nitrogens with one attached hydrogen (secondary N) is 1. The Balaban J connectivity index is 1.35. The van der Waals surface area contributed by atoms with E-state index in [1.807, 2.05) is 48.8 Å². The van der Waals surface area contributed by atoms with Crippen LogP contribution in [0.4, 0.5) is 20.2 Å². The maximum absolute atomic E-state index is 13.8. The van der Waals surface area contributed by atoms with Gasteiger partial charge in [-0.1, -0.05) is 18.2 Å². The number of rotatable bonds is 7. The maximum atomic E-state index is 13.8. The predicted octanol–water partition coefficient (Wildman–Crippen LogP) is 4.38. The van der Waals surface area contributed by atoms with Crippen LogP contribution in [0.15, 0.2) is 73.1 Å². The highest BCUT2D eigenvalue weighted by atomic mass is 19.1. The molecule has 0 spiro atoms. The highest BCUT2D eigenvalue weighted by Gasteiger charge is 2.19. The van der Waals surface area contributed by atoms with Gasteiger partial charge in [0.05, 0.1) is 11.4 Å². The maximum Gasteiger partial charge on any atom is 0.248 e. The second kappa shape index (κ2) is 10.8. The van der Waals surface area contributed by atoms with Crippen molar-refractivity contribution in [3.8, 4) is 0 Å². The number of hydrogen-bond acceptors (Lipinski definition) is 4. The Morgan fingerprint density at radius 3 is 2.36 bits per heavy atom. The summed E-state index contributed by atoms with van der Waals surface area (Å²) in [7, 11) is 0. The lowest BCUT2D eigenvalue weighted by Crippen LogP contribution is -2.47. The Bertz CT molecular complexity index is 1090. The van der Waals surface area contributed by atoms with Gasteiger partial charge in [0.15, 0.2) is 0 Å². The number of pyridine rings is 1. The molecule has 1 N–H and O–H groups in total. The summed E-state index contributed by atoms with van der Waals surface area (Å²) in [5.74, 6) is -1.86. The molecular formula is C26H26F2N4O. The fourth-order valence-electron chi connectivity index (χ4n) is 3.91. The third-order valence-corrected chi connectivity index (χ3v) is 5.74. The van der Waals surface area contributed by atoms with Crippen molar-refractivity contribution < 1.29 is 13.6 Å². The van der Waals surface area contributed by atoms with Crippen molar-refractivity contribution in [2.75, 3.05) is 42.9 Å². The second-order valence-electron chi connectivity index (χ2n) is 7.91. The molecule has 0 bridgehead atoms. The highest BCUT2D eigenvalue weighted by molar-refractivity contribution is 6.03. The van der Waals surface area contributed by atoms with E-state index < -0.39 is 17.5 Å². The van der Waals surface area contributed by atoms with Crippen LogP contribution in [-0.4, -0.2) is 48.5 Å². The first-order chi connectivity index (χ1) is 16.1. The number of para-hydroxylation sites is 2. The predicted molar refractivity (Wildman–Crippen MR) is 127 cm³/mol. The van der Waals surface area contributed by atoms with E-state index in [1.54, 1.807) is 0 Å². The molecule has 1 aliphatic heterocycles. The number of benzene rings is 2. The van der Waals surface area contributed by atoms with Crippen molar-refractivity contribution in [2.45, 2.75) is 6.42 Å². The molecule has 4 rings (SSSR count). The molecule has 1 aromatic heterocycles. The van der Waals surface area contributed by atoms with E-state index in [9.17, 15) is 13.6 Å². The van der Waals surface area contributed by atoms with Gasteiger partial charge in [-0.15, -0.1) is 0 Å². The normalized spacial score (nSPS) is 14.5. The van der Waals surface area contributed by atoms with Gasteiger partial charge in [0.1, 0.15) is 11.6 Å². The average molecular weight is 449 g/mol. The summed E-state index contributed by atoms with van der Waals surface area (Å²) in [6.45, 7) is 4.55. The van der Waals surface area contributed by atoms with E-state index in [1.165, 1.54) is 11.6 Å². The molecule has 1 fully saturated rings. The van der Waals surface area contributed by atoms with Gasteiger partial charge in [0.2, 0.25) is 5.91 Å². The minimum atomic E-state index is -0.707. The molecule has 1 amide bonds. The van der Waals surface area contributed by atoms with Gasteiger partial charge < -0.3 is 10.2 Å². The van der Waals surface area contributed by atoms with Crippen LogP contribution in [0.5, 0.6) is 0 Å². The fraction of sp³-hybridized carbons (Fsp3) is 0.231. The molecule has 0 radical (unpaired) electrons. The lowest BCUT2D eigenvalue weighted by atomic mass is 10.1. The number of hydrogen-bond donors (Lipinski definition) is 1. The molecule has 0 saturated carbocycles. The van der Waals surface area contributed by atoms with Crippen molar-refractivity contribution in [3.05, 3.63) is 95.8 Å². The van der Waals surface area contributed by atoms with Crippen LogP contribution in [0, 0.1) is 11.6 Å². The van der Waals surface area contributed by atoms with E-state index in [0.29, 0.717) is 5.69 Å². The molecule has 170 valence electrons. The van der Waals surface area contributed by atoms with Crippen molar-refractivity contribution in [1.82, 2.24) is 9.88 Å². The van der Waals surface area contributed by atoms with Crippen LogP contribution in [0.25, 0.3) is 6.08 Å². The number of carbonyl (C=O) groups excluding carboxylic acids is 1. The Morgan fingerprint density at radius 1 is 0.939 bits per heavy atom. The Morgan fingerprint density at radius 2 is 1.64 bits per heavy atom. The summed E-state index contributed by atoms with van der Waals surface area (Å²) < 4.78 is 27.6. The molecule has 2 heterocycles. The molecule has 0 atom stereocenters.